The summed E-state index contributed by atoms with van der Waals surface area (Å²) in [5, 5.41) is 18.3. The Hall–Kier alpha value is -0.420. The molecule has 0 radical (unpaired) electrons. The zero-order valence-electron chi connectivity index (χ0n) is 14.1. The van der Waals surface area contributed by atoms with Crippen molar-refractivity contribution in [3.8, 4) is 0 Å². The molecule has 4 nitrogen and oxygen atoms in total. The molecule has 0 aliphatic carbocycles. The topological polar surface area (TPSA) is 74.6 Å². The minimum atomic E-state index is -1.22. The molecule has 0 heterocycles. The van der Waals surface area contributed by atoms with E-state index in [1.807, 2.05) is 0 Å². The van der Waals surface area contributed by atoms with Gasteiger partial charge in [0.15, 0.2) is 0 Å². The molecule has 22 heavy (non-hydrogen) atoms. The first-order valence-corrected chi connectivity index (χ1v) is 10.3. The molecule has 132 valence electrons. The maximum Gasteiger partial charge on any atom is 0.304 e. The third kappa shape index (κ3) is 16.0. The van der Waals surface area contributed by atoms with Crippen LogP contribution in [-0.2, 0) is 15.6 Å². The number of unbranched alkanes of at least 4 members (excludes halogenated alkanes) is 9. The van der Waals surface area contributed by atoms with Crippen LogP contribution in [0.4, 0.5) is 0 Å². The molecule has 0 aromatic rings. The fourth-order valence-corrected chi connectivity index (χ4v) is 3.61. The van der Waals surface area contributed by atoms with Crippen molar-refractivity contribution in [2.45, 2.75) is 90.1 Å². The van der Waals surface area contributed by atoms with Gasteiger partial charge in [-0.2, -0.15) is 0 Å². The van der Waals surface area contributed by atoms with Crippen molar-refractivity contribution in [1.29, 1.82) is 0 Å². The van der Waals surface area contributed by atoms with Crippen LogP contribution in [0, 0.1) is 0 Å². The predicted octanol–water partition coefficient (Wildman–Crippen LogP) is 3.88. The lowest BCUT2D eigenvalue weighted by Crippen LogP contribution is -2.19. The molecule has 0 aliphatic heterocycles. The SMILES string of the molecule is CCCCCCCCCCCCC(O)CS(=O)CCC(=O)O. The average Bonchev–Trinajstić information content (AvgIpc) is 2.47. The van der Waals surface area contributed by atoms with Gasteiger partial charge < -0.3 is 10.2 Å². The second-order valence-electron chi connectivity index (χ2n) is 6.08. The Kier molecular flexibility index (Phi) is 15.2. The van der Waals surface area contributed by atoms with E-state index in [4.69, 9.17) is 5.11 Å². The number of aliphatic hydroxyl groups excluding tert-OH is 1. The number of hydrogen-bond donors (Lipinski definition) is 2. The first-order valence-electron chi connectivity index (χ1n) is 8.81. The fourth-order valence-electron chi connectivity index (χ4n) is 2.45. The molecule has 0 rings (SSSR count). The first-order chi connectivity index (χ1) is 10.6. The Balaban J connectivity index is 3.32. The van der Waals surface area contributed by atoms with E-state index in [0.717, 1.165) is 12.8 Å². The lowest BCUT2D eigenvalue weighted by molar-refractivity contribution is -0.136. The Morgan fingerprint density at radius 1 is 0.955 bits per heavy atom. The van der Waals surface area contributed by atoms with Gasteiger partial charge >= 0.3 is 5.97 Å². The molecule has 2 atom stereocenters. The molecule has 0 aromatic heterocycles. The number of aliphatic hydroxyl groups is 1. The molecule has 0 aliphatic rings. The zero-order valence-corrected chi connectivity index (χ0v) is 14.9. The molecular formula is C17H34O4S. The maximum absolute atomic E-state index is 11.5. The molecule has 0 saturated heterocycles. The van der Waals surface area contributed by atoms with Crippen LogP contribution < -0.4 is 0 Å². The van der Waals surface area contributed by atoms with Crippen molar-refractivity contribution in [3.05, 3.63) is 0 Å². The normalized spacial score (nSPS) is 13.9. The smallest absolute Gasteiger partial charge is 0.304 e. The van der Waals surface area contributed by atoms with Crippen LogP contribution >= 0.6 is 0 Å². The predicted molar refractivity (Wildman–Crippen MR) is 92.6 cm³/mol. The summed E-state index contributed by atoms with van der Waals surface area (Å²) >= 11 is 0. The van der Waals surface area contributed by atoms with E-state index in [1.165, 1.54) is 51.4 Å². The summed E-state index contributed by atoms with van der Waals surface area (Å²) < 4.78 is 11.5. The monoisotopic (exact) mass is 334 g/mol. The summed E-state index contributed by atoms with van der Waals surface area (Å²) in [5.41, 5.74) is 0. The van der Waals surface area contributed by atoms with Gasteiger partial charge in [-0.1, -0.05) is 71.1 Å². The molecular weight excluding hydrogens is 300 g/mol. The number of carboxylic acid groups (broad SMARTS) is 1. The summed E-state index contributed by atoms with van der Waals surface area (Å²) in [5.74, 6) is -0.577. The van der Waals surface area contributed by atoms with E-state index in [1.54, 1.807) is 0 Å². The number of carbonyl (C=O) groups is 1. The van der Waals surface area contributed by atoms with Crippen molar-refractivity contribution in [3.63, 3.8) is 0 Å². The fraction of sp³-hybridized carbons (Fsp3) is 0.941. The molecule has 2 unspecified atom stereocenters. The largest absolute Gasteiger partial charge is 0.481 e. The quantitative estimate of drug-likeness (QED) is 0.420. The lowest BCUT2D eigenvalue weighted by Gasteiger charge is -2.09. The van der Waals surface area contributed by atoms with Crippen LogP contribution in [-0.4, -0.2) is 38.0 Å². The van der Waals surface area contributed by atoms with Crippen molar-refractivity contribution in [1.82, 2.24) is 0 Å². The first kappa shape index (κ1) is 21.6. The molecule has 2 N–H and O–H groups in total. The van der Waals surface area contributed by atoms with Crippen LogP contribution in [0.1, 0.15) is 84.0 Å². The number of aliphatic carboxylic acids is 1. The molecule has 0 amide bonds. The van der Waals surface area contributed by atoms with Crippen LogP contribution in [0.5, 0.6) is 0 Å². The van der Waals surface area contributed by atoms with Gasteiger partial charge in [0.25, 0.3) is 0 Å². The van der Waals surface area contributed by atoms with E-state index < -0.39 is 22.9 Å². The molecule has 0 fully saturated rings. The van der Waals surface area contributed by atoms with Crippen molar-refractivity contribution >= 4 is 16.8 Å². The molecule has 0 bridgehead atoms. The van der Waals surface area contributed by atoms with Gasteiger partial charge in [0, 0.05) is 22.3 Å². The van der Waals surface area contributed by atoms with E-state index in [-0.39, 0.29) is 17.9 Å². The average molecular weight is 335 g/mol. The van der Waals surface area contributed by atoms with Gasteiger partial charge in [-0.15, -0.1) is 0 Å². The molecule has 0 aromatic carbocycles. The number of carboxylic acids is 1. The second kappa shape index (κ2) is 15.5. The van der Waals surface area contributed by atoms with Crippen molar-refractivity contribution < 1.29 is 19.2 Å². The van der Waals surface area contributed by atoms with Crippen LogP contribution in [0.2, 0.25) is 0 Å². The van der Waals surface area contributed by atoms with Gasteiger partial charge in [-0.05, 0) is 6.42 Å². The van der Waals surface area contributed by atoms with Gasteiger partial charge in [-0.25, -0.2) is 0 Å². The van der Waals surface area contributed by atoms with Gasteiger partial charge in [0.05, 0.1) is 12.5 Å². The Morgan fingerprint density at radius 2 is 1.45 bits per heavy atom. The maximum atomic E-state index is 11.5. The zero-order chi connectivity index (χ0) is 16.6. The summed E-state index contributed by atoms with van der Waals surface area (Å²) in [4.78, 5) is 10.4. The van der Waals surface area contributed by atoms with Gasteiger partial charge in [0.1, 0.15) is 0 Å². The number of rotatable bonds is 16. The molecule has 0 spiro atoms. The highest BCUT2D eigenvalue weighted by atomic mass is 32.2. The standard InChI is InChI=1S/C17H34O4S/c1-2-3-4-5-6-7-8-9-10-11-12-16(18)15-22(21)14-13-17(19)20/h16,18H,2-15H2,1H3,(H,19,20). The van der Waals surface area contributed by atoms with E-state index >= 15 is 0 Å². The molecule has 5 heteroatoms. The summed E-state index contributed by atoms with van der Waals surface area (Å²) in [6.45, 7) is 2.23. The van der Waals surface area contributed by atoms with Gasteiger partial charge in [-0.3, -0.25) is 9.00 Å². The third-order valence-electron chi connectivity index (χ3n) is 3.81. The Morgan fingerprint density at radius 3 is 1.95 bits per heavy atom. The van der Waals surface area contributed by atoms with Crippen molar-refractivity contribution in [2.24, 2.45) is 0 Å². The highest BCUT2D eigenvalue weighted by Gasteiger charge is 2.10. The van der Waals surface area contributed by atoms with E-state index in [2.05, 4.69) is 6.92 Å². The van der Waals surface area contributed by atoms with Crippen LogP contribution in [0.25, 0.3) is 0 Å². The van der Waals surface area contributed by atoms with Gasteiger partial charge in [0.2, 0.25) is 0 Å². The highest BCUT2D eigenvalue weighted by molar-refractivity contribution is 7.85. The highest BCUT2D eigenvalue weighted by Crippen LogP contribution is 2.12. The van der Waals surface area contributed by atoms with Crippen LogP contribution in [0.15, 0.2) is 0 Å². The van der Waals surface area contributed by atoms with Crippen molar-refractivity contribution in [2.75, 3.05) is 11.5 Å². The number of hydrogen-bond acceptors (Lipinski definition) is 3. The minimum absolute atomic E-state index is 0.0857. The van der Waals surface area contributed by atoms with E-state index in [9.17, 15) is 14.1 Å². The molecule has 0 saturated carbocycles. The Bertz CT molecular complexity index is 294. The second-order valence-corrected chi connectivity index (χ2v) is 7.70. The summed E-state index contributed by atoms with van der Waals surface area (Å²) in [7, 11) is -1.22. The third-order valence-corrected chi connectivity index (χ3v) is 5.23. The summed E-state index contributed by atoms with van der Waals surface area (Å²) in [6.07, 6.45) is 12.6. The summed E-state index contributed by atoms with van der Waals surface area (Å²) in [6, 6.07) is 0. The Labute approximate surface area is 138 Å². The van der Waals surface area contributed by atoms with Crippen LogP contribution in [0.3, 0.4) is 0 Å². The lowest BCUT2D eigenvalue weighted by atomic mass is 10.1. The minimum Gasteiger partial charge on any atom is -0.481 e. The van der Waals surface area contributed by atoms with E-state index in [0.29, 0.717) is 6.42 Å².